The van der Waals surface area contributed by atoms with Gasteiger partial charge in [0.1, 0.15) is 0 Å². The summed E-state index contributed by atoms with van der Waals surface area (Å²) in [4.78, 5) is 39.4. The van der Waals surface area contributed by atoms with Crippen molar-refractivity contribution in [1.29, 1.82) is 0 Å². The van der Waals surface area contributed by atoms with Crippen LogP contribution < -0.4 is 4.90 Å². The highest BCUT2D eigenvalue weighted by Crippen LogP contribution is 2.41. The van der Waals surface area contributed by atoms with Gasteiger partial charge in [-0.1, -0.05) is 24.9 Å². The summed E-state index contributed by atoms with van der Waals surface area (Å²) in [6.07, 6.45) is 3.86. The van der Waals surface area contributed by atoms with Crippen LogP contribution in [0.3, 0.4) is 0 Å². The van der Waals surface area contributed by atoms with Crippen molar-refractivity contribution in [1.82, 2.24) is 0 Å². The highest BCUT2D eigenvalue weighted by Gasteiger charge is 2.46. The van der Waals surface area contributed by atoms with Gasteiger partial charge in [0, 0.05) is 21.7 Å². The Kier molecular flexibility index (Phi) is 6.19. The second-order valence-electron chi connectivity index (χ2n) is 8.30. The fourth-order valence-electron chi connectivity index (χ4n) is 4.09. The second-order valence-corrected chi connectivity index (χ2v) is 8.70. The second kappa shape index (κ2) is 8.73. The molecule has 1 aromatic carbocycles. The Bertz CT molecular complexity index is 929. The molecule has 2 unspecified atom stereocenters. The Morgan fingerprint density at radius 1 is 1.23 bits per heavy atom. The molecule has 1 fully saturated rings. The third kappa shape index (κ3) is 4.02. The third-order valence-electron chi connectivity index (χ3n) is 5.92. The number of carbonyl (C=O) groups excluding carboxylic acids is 3. The van der Waals surface area contributed by atoms with Crippen LogP contribution in [0.25, 0.3) is 0 Å². The zero-order valence-electron chi connectivity index (χ0n) is 17.7. The maximum atomic E-state index is 12.9. The van der Waals surface area contributed by atoms with Gasteiger partial charge in [-0.2, -0.15) is 0 Å². The summed E-state index contributed by atoms with van der Waals surface area (Å²) in [5, 5.41) is 0.356. The molecule has 31 heavy (non-hydrogen) atoms. The molecule has 1 aromatic rings. The third-order valence-corrected chi connectivity index (χ3v) is 6.27. The highest BCUT2D eigenvalue weighted by molar-refractivity contribution is 6.34. The zero-order valence-corrected chi connectivity index (χ0v) is 18.5. The smallest absolute Gasteiger partial charge is 0.340 e. The number of benzene rings is 1. The van der Waals surface area contributed by atoms with Gasteiger partial charge in [0.05, 0.1) is 18.9 Å². The van der Waals surface area contributed by atoms with Gasteiger partial charge in [-0.15, -0.1) is 0 Å². The molecular formula is C23H26ClNO6. The van der Waals surface area contributed by atoms with E-state index in [1.165, 1.54) is 4.90 Å². The van der Waals surface area contributed by atoms with Crippen LogP contribution in [0.5, 0.6) is 0 Å². The van der Waals surface area contributed by atoms with Gasteiger partial charge < -0.3 is 14.2 Å². The fourth-order valence-corrected chi connectivity index (χ4v) is 4.29. The van der Waals surface area contributed by atoms with Gasteiger partial charge in [-0.3, -0.25) is 9.59 Å². The monoisotopic (exact) mass is 447 g/mol. The van der Waals surface area contributed by atoms with E-state index in [-0.39, 0.29) is 18.4 Å². The van der Waals surface area contributed by atoms with Gasteiger partial charge in [0.2, 0.25) is 0 Å². The van der Waals surface area contributed by atoms with E-state index in [2.05, 4.69) is 0 Å². The van der Waals surface area contributed by atoms with Gasteiger partial charge in [-0.25, -0.2) is 9.69 Å². The number of hydrogen-bond acceptors (Lipinski definition) is 6. The number of amides is 2. The Morgan fingerprint density at radius 2 is 1.90 bits per heavy atom. The number of carbonyl (C=O) groups is 3. The quantitative estimate of drug-likeness (QED) is 0.368. The van der Waals surface area contributed by atoms with Crippen LogP contribution in [0.1, 0.15) is 64.2 Å². The molecular weight excluding hydrogens is 422 g/mol. The van der Waals surface area contributed by atoms with Gasteiger partial charge in [0.25, 0.3) is 11.8 Å². The average Bonchev–Trinajstić information content (AvgIpc) is 3.28. The van der Waals surface area contributed by atoms with Crippen LogP contribution in [-0.4, -0.2) is 36.6 Å². The molecule has 2 heterocycles. The minimum absolute atomic E-state index is 0.0145. The predicted molar refractivity (Wildman–Crippen MR) is 113 cm³/mol. The lowest BCUT2D eigenvalue weighted by atomic mass is 9.93. The molecule has 0 bridgehead atoms. The molecule has 4 rings (SSSR count). The lowest BCUT2D eigenvalue weighted by Gasteiger charge is -2.22. The highest BCUT2D eigenvalue weighted by atomic mass is 35.5. The molecule has 1 saturated heterocycles. The Balaban J connectivity index is 1.54. The summed E-state index contributed by atoms with van der Waals surface area (Å²) in [5.74, 6) is -1.03. The molecule has 0 N–H and O–H groups in total. The van der Waals surface area contributed by atoms with Crippen molar-refractivity contribution in [3.8, 4) is 0 Å². The minimum atomic E-state index is -1.25. The van der Waals surface area contributed by atoms with Crippen LogP contribution in [-0.2, 0) is 28.6 Å². The molecule has 0 saturated carbocycles. The van der Waals surface area contributed by atoms with Crippen LogP contribution in [0.15, 0.2) is 29.3 Å². The number of hydrogen-bond donors (Lipinski definition) is 0. The summed E-state index contributed by atoms with van der Waals surface area (Å²) in [6, 6.07) is 4.86. The van der Waals surface area contributed by atoms with Crippen molar-refractivity contribution in [2.24, 2.45) is 0 Å². The van der Waals surface area contributed by atoms with Crippen molar-refractivity contribution in [3.05, 3.63) is 39.9 Å². The van der Waals surface area contributed by atoms with E-state index in [0.29, 0.717) is 46.9 Å². The predicted octanol–water partition coefficient (Wildman–Crippen LogP) is 4.23. The molecule has 2 aliphatic heterocycles. The van der Waals surface area contributed by atoms with Crippen LogP contribution in [0.4, 0.5) is 5.69 Å². The molecule has 0 radical (unpaired) electrons. The first kappa shape index (κ1) is 22.0. The van der Waals surface area contributed by atoms with Crippen molar-refractivity contribution in [2.75, 3.05) is 18.1 Å². The lowest BCUT2D eigenvalue weighted by molar-refractivity contribution is -0.170. The lowest BCUT2D eigenvalue weighted by Crippen LogP contribution is -2.39. The van der Waals surface area contributed by atoms with E-state index in [0.717, 1.165) is 25.7 Å². The number of anilines is 1. The molecule has 7 nitrogen and oxygen atoms in total. The fraction of sp³-hybridized carbons (Fsp3) is 0.522. The molecule has 2 amide bonds. The molecule has 8 heteroatoms. The molecule has 166 valence electrons. The number of unbranched alkanes of at least 4 members (excludes halogenated alkanes) is 1. The van der Waals surface area contributed by atoms with Crippen molar-refractivity contribution in [3.63, 3.8) is 0 Å². The number of rotatable bonds is 6. The number of imide groups is 1. The number of esters is 1. The first-order chi connectivity index (χ1) is 14.9. The number of halogens is 1. The SMILES string of the molecule is CCCCOC(=O)C1(C)COC(c2cc(N3C(=O)C4=C(CCCC4)C3=O)ccc2Cl)O1. The van der Waals surface area contributed by atoms with Crippen LogP contribution in [0.2, 0.25) is 5.02 Å². The Hall–Kier alpha value is -2.22. The topological polar surface area (TPSA) is 82.1 Å². The molecule has 1 aliphatic carbocycles. The normalized spacial score (nSPS) is 25.9. The molecule has 0 aromatic heterocycles. The van der Waals surface area contributed by atoms with Crippen molar-refractivity contribution < 1.29 is 28.6 Å². The van der Waals surface area contributed by atoms with E-state index in [4.69, 9.17) is 25.8 Å². The summed E-state index contributed by atoms with van der Waals surface area (Å²) >= 11 is 6.38. The van der Waals surface area contributed by atoms with Crippen LogP contribution in [0, 0.1) is 0 Å². The first-order valence-corrected chi connectivity index (χ1v) is 11.1. The van der Waals surface area contributed by atoms with E-state index in [1.54, 1.807) is 25.1 Å². The molecule has 3 aliphatic rings. The van der Waals surface area contributed by atoms with Crippen molar-refractivity contribution >= 4 is 35.1 Å². The Labute approximate surface area is 186 Å². The van der Waals surface area contributed by atoms with Crippen molar-refractivity contribution in [2.45, 2.75) is 64.3 Å². The summed E-state index contributed by atoms with van der Waals surface area (Å²) in [7, 11) is 0. The van der Waals surface area contributed by atoms with Gasteiger partial charge >= 0.3 is 5.97 Å². The standard InChI is InChI=1S/C23H26ClNO6/c1-3-4-11-29-22(28)23(2)13-30-21(31-23)17-12-14(9-10-18(17)24)25-19(26)15-7-5-6-8-16(15)20(25)27/h9-10,12,21H,3-8,11,13H2,1-2H3. The zero-order chi connectivity index (χ0) is 22.2. The number of ether oxygens (including phenoxy) is 3. The van der Waals surface area contributed by atoms with E-state index < -0.39 is 17.9 Å². The maximum absolute atomic E-state index is 12.9. The van der Waals surface area contributed by atoms with Gasteiger partial charge in [0.15, 0.2) is 11.9 Å². The van der Waals surface area contributed by atoms with E-state index in [1.807, 2.05) is 6.92 Å². The first-order valence-electron chi connectivity index (χ1n) is 10.7. The van der Waals surface area contributed by atoms with E-state index >= 15 is 0 Å². The summed E-state index contributed by atoms with van der Waals surface area (Å²) in [6.45, 7) is 3.97. The minimum Gasteiger partial charge on any atom is -0.463 e. The Morgan fingerprint density at radius 3 is 2.55 bits per heavy atom. The number of nitrogens with zero attached hydrogens (tertiary/aromatic N) is 1. The maximum Gasteiger partial charge on any atom is 0.340 e. The molecule has 2 atom stereocenters. The van der Waals surface area contributed by atoms with E-state index in [9.17, 15) is 14.4 Å². The largest absolute Gasteiger partial charge is 0.463 e. The van der Waals surface area contributed by atoms with Crippen LogP contribution >= 0.6 is 11.6 Å². The summed E-state index contributed by atoms with van der Waals surface area (Å²) < 4.78 is 16.9. The summed E-state index contributed by atoms with van der Waals surface area (Å²) in [5.41, 5.74) is 0.842. The van der Waals surface area contributed by atoms with Gasteiger partial charge in [-0.05, 0) is 57.2 Å². The molecule has 0 spiro atoms. The average molecular weight is 448 g/mol.